The number of nitrogens with zero attached hydrogens (tertiary/aromatic N) is 4. The third-order valence-corrected chi connectivity index (χ3v) is 27.8. The smallest absolute Gasteiger partial charge is 0.319 e. The highest BCUT2D eigenvalue weighted by molar-refractivity contribution is 6.90. The first-order chi connectivity index (χ1) is 30.8. The number of rotatable bonds is 13. The highest BCUT2D eigenvalue weighted by atomic mass is 35.5. The molecule has 0 saturated carbocycles. The fraction of sp³-hybridized carbons (Fsp3) is 0.585. The van der Waals surface area contributed by atoms with Crippen LogP contribution in [0.25, 0.3) is 32.8 Å². The highest BCUT2D eigenvalue weighted by Gasteiger charge is 2.47. The lowest BCUT2D eigenvalue weighted by atomic mass is 9.78. The van der Waals surface area contributed by atoms with Gasteiger partial charge in [-0.2, -0.15) is 9.97 Å². The minimum atomic E-state index is -2.56. The minimum absolute atomic E-state index is 0.0315. The number of aliphatic hydroxyl groups is 1. The van der Waals surface area contributed by atoms with Crippen molar-refractivity contribution in [3.05, 3.63) is 64.5 Å². The Balaban J connectivity index is 1.69. The van der Waals surface area contributed by atoms with E-state index in [4.69, 9.17) is 30.7 Å². The lowest BCUT2D eigenvalue weighted by Crippen LogP contribution is -2.50. The molecule has 0 spiro atoms. The van der Waals surface area contributed by atoms with E-state index in [-0.39, 0.29) is 57.5 Å². The van der Waals surface area contributed by atoms with E-state index in [1.54, 1.807) is 19.1 Å². The van der Waals surface area contributed by atoms with Crippen molar-refractivity contribution in [2.75, 3.05) is 44.7 Å². The van der Waals surface area contributed by atoms with E-state index in [1.807, 2.05) is 31.0 Å². The van der Waals surface area contributed by atoms with Gasteiger partial charge < -0.3 is 24.1 Å². The number of hydrogen-bond acceptors (Lipinski definition) is 7. The zero-order valence-corrected chi connectivity index (χ0v) is 44.9. The molecular weight excluding hydrogens is 889 g/mol. The van der Waals surface area contributed by atoms with Crippen molar-refractivity contribution in [3.8, 4) is 34.4 Å². The van der Waals surface area contributed by atoms with Crippen LogP contribution in [0, 0.1) is 28.5 Å². The summed E-state index contributed by atoms with van der Waals surface area (Å²) in [6.45, 7) is 32.4. The number of benzene rings is 3. The standard InChI is InChI=1S/C53H74ClF3N4O3Si2/c1-32(2)65(33(3)4,34(5)6)24-20-41-45(56)18-17-38-25-40(64-66(35(7)8,36(9)10)37(11)12)26-42(46(38)41)47-44(54)27-43-49(48(47)57)58-51(59-50(43)61-22-16-21-53(14,62)30-61)63-31-52(13)29-60(15)23-19-39(52)28-55/h17-18,25-28,32-37,62H,16,19,21-23,29-31H2,1-15H3/b39-28+/t52?,53-/m1/s1. The van der Waals surface area contributed by atoms with Gasteiger partial charge in [-0.05, 0) is 107 Å². The number of fused-ring (bicyclic) bond motifs is 2. The van der Waals surface area contributed by atoms with E-state index < -0.39 is 39.0 Å². The molecule has 0 aliphatic carbocycles. The molecule has 3 heterocycles. The van der Waals surface area contributed by atoms with Gasteiger partial charge in [0.15, 0.2) is 5.82 Å². The molecule has 7 nitrogen and oxygen atoms in total. The summed E-state index contributed by atoms with van der Waals surface area (Å²) in [5.74, 6) is 3.10. The van der Waals surface area contributed by atoms with Crippen LogP contribution in [0.5, 0.6) is 11.8 Å². The molecule has 3 aromatic carbocycles. The van der Waals surface area contributed by atoms with E-state index in [0.29, 0.717) is 94.2 Å². The molecule has 2 aliphatic heterocycles. The number of piperidine rings is 2. The van der Waals surface area contributed by atoms with Crippen molar-refractivity contribution in [1.29, 1.82) is 0 Å². The first-order valence-corrected chi connectivity index (χ1v) is 28.8. The molecule has 0 bridgehead atoms. The summed E-state index contributed by atoms with van der Waals surface area (Å²) in [7, 11) is -2.93. The van der Waals surface area contributed by atoms with Crippen LogP contribution in [0.2, 0.25) is 38.3 Å². The Hall–Kier alpha value is -3.61. The zero-order chi connectivity index (χ0) is 48.8. The van der Waals surface area contributed by atoms with Crippen LogP contribution in [-0.2, 0) is 0 Å². The second kappa shape index (κ2) is 19.8. The maximum absolute atomic E-state index is 18.3. The van der Waals surface area contributed by atoms with Gasteiger partial charge in [-0.25, -0.2) is 13.2 Å². The van der Waals surface area contributed by atoms with E-state index in [9.17, 15) is 9.50 Å². The molecule has 2 atom stereocenters. The monoisotopic (exact) mass is 962 g/mol. The predicted molar refractivity (Wildman–Crippen MR) is 274 cm³/mol. The van der Waals surface area contributed by atoms with Crippen LogP contribution in [0.4, 0.5) is 19.0 Å². The van der Waals surface area contributed by atoms with Crippen molar-refractivity contribution in [2.45, 2.75) is 155 Å². The quantitative estimate of drug-likeness (QED) is 0.106. The van der Waals surface area contributed by atoms with E-state index >= 15 is 8.78 Å². The van der Waals surface area contributed by atoms with Gasteiger partial charge >= 0.3 is 6.01 Å². The van der Waals surface area contributed by atoms with Crippen molar-refractivity contribution in [3.63, 3.8) is 0 Å². The second-order valence-electron chi connectivity index (χ2n) is 21.8. The molecule has 0 radical (unpaired) electrons. The largest absolute Gasteiger partial charge is 0.543 e. The normalized spacial score (nSPS) is 20.8. The van der Waals surface area contributed by atoms with Crippen LogP contribution in [0.15, 0.2) is 42.2 Å². The van der Waals surface area contributed by atoms with Crippen LogP contribution in [0.1, 0.15) is 122 Å². The molecule has 4 aromatic rings. The van der Waals surface area contributed by atoms with Crippen LogP contribution in [-0.4, -0.2) is 81.8 Å². The molecule has 1 N–H and O–H groups in total. The Morgan fingerprint density at radius 3 is 2.09 bits per heavy atom. The Labute approximate surface area is 400 Å². The minimum Gasteiger partial charge on any atom is -0.543 e. The molecule has 6 rings (SSSR count). The molecule has 2 saturated heterocycles. The lowest BCUT2D eigenvalue weighted by molar-refractivity contribution is 0.0447. The molecule has 66 heavy (non-hydrogen) atoms. The molecule has 0 amide bonds. The Morgan fingerprint density at radius 2 is 1.52 bits per heavy atom. The average Bonchev–Trinajstić information content (AvgIpc) is 3.21. The molecule has 1 aromatic heterocycles. The van der Waals surface area contributed by atoms with Crippen molar-refractivity contribution >= 4 is 55.5 Å². The third kappa shape index (κ3) is 9.67. The van der Waals surface area contributed by atoms with Crippen LogP contribution in [0.3, 0.4) is 0 Å². The summed E-state index contributed by atoms with van der Waals surface area (Å²) in [6, 6.07) is 8.53. The lowest BCUT2D eigenvalue weighted by Gasteiger charge is -2.42. The van der Waals surface area contributed by atoms with Crippen molar-refractivity contribution in [2.24, 2.45) is 5.41 Å². The fourth-order valence-electron chi connectivity index (χ4n) is 12.0. The summed E-state index contributed by atoms with van der Waals surface area (Å²) in [5.41, 5.74) is 4.78. The number of aromatic nitrogens is 2. The highest BCUT2D eigenvalue weighted by Crippen LogP contribution is 2.48. The molecular formula is C53H74ClF3N4O3Si2. The summed E-state index contributed by atoms with van der Waals surface area (Å²) < 4.78 is 63.1. The Kier molecular flexibility index (Phi) is 15.5. The van der Waals surface area contributed by atoms with Gasteiger partial charge in [-0.15, -0.1) is 5.54 Å². The molecule has 360 valence electrons. The summed E-state index contributed by atoms with van der Waals surface area (Å²) in [5, 5.41) is 12.8. The van der Waals surface area contributed by atoms with Gasteiger partial charge in [0.1, 0.15) is 37.6 Å². The Morgan fingerprint density at radius 1 is 0.879 bits per heavy atom. The van der Waals surface area contributed by atoms with Gasteiger partial charge in [0.25, 0.3) is 8.32 Å². The summed E-state index contributed by atoms with van der Waals surface area (Å²) >= 11 is 7.38. The van der Waals surface area contributed by atoms with Gasteiger partial charge in [0.2, 0.25) is 0 Å². The number of hydrogen-bond donors (Lipinski definition) is 1. The number of β-amino-alcohol motifs (C(OH)–C–C–N with tert-alkyl or cyclic N) is 1. The van der Waals surface area contributed by atoms with E-state index in [1.165, 1.54) is 6.07 Å². The van der Waals surface area contributed by atoms with Gasteiger partial charge in [0, 0.05) is 47.9 Å². The van der Waals surface area contributed by atoms with Crippen molar-refractivity contribution < 1.29 is 27.4 Å². The average molecular weight is 964 g/mol. The van der Waals surface area contributed by atoms with Crippen LogP contribution >= 0.6 is 11.6 Å². The van der Waals surface area contributed by atoms with Gasteiger partial charge in [0.05, 0.1) is 22.5 Å². The van der Waals surface area contributed by atoms with E-state index in [0.717, 1.165) is 6.54 Å². The topological polar surface area (TPSA) is 71.0 Å². The maximum Gasteiger partial charge on any atom is 0.319 e. The second-order valence-corrected chi connectivity index (χ2v) is 33.2. The Bertz CT molecular complexity index is 2490. The summed E-state index contributed by atoms with van der Waals surface area (Å²) in [4.78, 5) is 13.7. The van der Waals surface area contributed by atoms with Crippen LogP contribution < -0.4 is 14.1 Å². The first-order valence-electron chi connectivity index (χ1n) is 24.1. The predicted octanol–water partition coefficient (Wildman–Crippen LogP) is 14.4. The number of anilines is 1. The van der Waals surface area contributed by atoms with Gasteiger partial charge in [-0.3, -0.25) is 0 Å². The maximum atomic E-state index is 18.3. The van der Waals surface area contributed by atoms with Crippen molar-refractivity contribution in [1.82, 2.24) is 14.9 Å². The number of likely N-dealkylation sites (tertiary alicyclic amines) is 1. The van der Waals surface area contributed by atoms with Gasteiger partial charge in [-0.1, -0.05) is 114 Å². The fourth-order valence-corrected chi connectivity index (χ4v) is 22.7. The summed E-state index contributed by atoms with van der Waals surface area (Å²) in [6.07, 6.45) is 2.48. The SMILES string of the molecule is CC(C)[Si](C#Cc1c(F)ccc2cc(O[Si](C(C)C)(C(C)C)C(C)C)cc(-c3c(Cl)cc4c(N5CCC[C@@](C)(O)C5)nc(OCC5(C)CN(C)CC/C5=C\F)nc4c3F)c12)(C(C)C)C(C)C. The third-order valence-electron chi connectivity index (χ3n) is 15.2. The van der Waals surface area contributed by atoms with E-state index in [2.05, 4.69) is 99.4 Å². The molecule has 2 fully saturated rings. The molecule has 2 aliphatic rings. The number of halogens is 4. The molecule has 13 heteroatoms. The first kappa shape index (κ1) is 51.8. The number of ether oxygens (including phenoxy) is 1. The molecule has 1 unspecified atom stereocenters. The zero-order valence-electron chi connectivity index (χ0n) is 42.1.